The summed E-state index contributed by atoms with van der Waals surface area (Å²) in [7, 11) is 0. The van der Waals surface area contributed by atoms with Gasteiger partial charge < -0.3 is 4.74 Å². The molecular weight excluding hydrogens is 247 g/mol. The van der Waals surface area contributed by atoms with Crippen LogP contribution in [0.4, 0.5) is 14.9 Å². The molecule has 98 valence electrons. The number of hydrogen-bond acceptors (Lipinski definition) is 3. The summed E-state index contributed by atoms with van der Waals surface area (Å²) in [4.78, 5) is 15.0. The van der Waals surface area contributed by atoms with Crippen LogP contribution in [-0.4, -0.2) is 11.1 Å². The van der Waals surface area contributed by atoms with Crippen LogP contribution in [0.3, 0.4) is 0 Å². The molecule has 0 spiro atoms. The highest BCUT2D eigenvalue weighted by molar-refractivity contribution is 5.84. The SMILES string of the molecule is Cc1cnc(F)c(NC(=O)OCc2ccccc2)c1. The third-order valence-corrected chi connectivity index (χ3v) is 2.43. The topological polar surface area (TPSA) is 51.2 Å². The summed E-state index contributed by atoms with van der Waals surface area (Å²) in [5.41, 5.74) is 1.62. The predicted molar refractivity (Wildman–Crippen MR) is 69.2 cm³/mol. The van der Waals surface area contributed by atoms with Crippen molar-refractivity contribution in [3.8, 4) is 0 Å². The summed E-state index contributed by atoms with van der Waals surface area (Å²) in [6, 6.07) is 10.7. The highest BCUT2D eigenvalue weighted by Gasteiger charge is 2.09. The molecule has 1 N–H and O–H groups in total. The van der Waals surface area contributed by atoms with E-state index in [-0.39, 0.29) is 12.3 Å². The van der Waals surface area contributed by atoms with E-state index in [4.69, 9.17) is 4.74 Å². The average Bonchev–Trinajstić information content (AvgIpc) is 2.42. The Balaban J connectivity index is 1.93. The number of halogens is 1. The monoisotopic (exact) mass is 260 g/mol. The van der Waals surface area contributed by atoms with Crippen LogP contribution < -0.4 is 5.32 Å². The Morgan fingerprint density at radius 3 is 2.84 bits per heavy atom. The second kappa shape index (κ2) is 5.95. The Bertz CT molecular complexity index is 573. The van der Waals surface area contributed by atoms with Gasteiger partial charge in [0.2, 0.25) is 5.95 Å². The fourth-order valence-corrected chi connectivity index (χ4v) is 1.51. The first kappa shape index (κ1) is 13.0. The Morgan fingerprint density at radius 1 is 1.37 bits per heavy atom. The molecule has 5 heteroatoms. The van der Waals surface area contributed by atoms with E-state index >= 15 is 0 Å². The van der Waals surface area contributed by atoms with Gasteiger partial charge in [-0.2, -0.15) is 4.39 Å². The number of anilines is 1. The molecule has 0 unspecified atom stereocenters. The lowest BCUT2D eigenvalue weighted by molar-refractivity contribution is 0.155. The number of benzene rings is 1. The highest BCUT2D eigenvalue weighted by atomic mass is 19.1. The third-order valence-electron chi connectivity index (χ3n) is 2.43. The molecule has 0 aliphatic heterocycles. The van der Waals surface area contributed by atoms with Crippen molar-refractivity contribution in [3.05, 3.63) is 59.7 Å². The molecule has 2 rings (SSSR count). The number of nitrogens with one attached hydrogen (secondary N) is 1. The maximum absolute atomic E-state index is 13.3. The fraction of sp³-hybridized carbons (Fsp3) is 0.143. The second-order valence-electron chi connectivity index (χ2n) is 4.04. The molecule has 1 aromatic heterocycles. The number of rotatable bonds is 3. The highest BCUT2D eigenvalue weighted by Crippen LogP contribution is 2.13. The average molecular weight is 260 g/mol. The van der Waals surface area contributed by atoms with Gasteiger partial charge in [-0.15, -0.1) is 0 Å². The molecule has 0 atom stereocenters. The Kier molecular flexibility index (Phi) is 4.07. The zero-order valence-electron chi connectivity index (χ0n) is 10.4. The third kappa shape index (κ3) is 3.77. The Hall–Kier alpha value is -2.43. The fourth-order valence-electron chi connectivity index (χ4n) is 1.51. The van der Waals surface area contributed by atoms with Gasteiger partial charge in [-0.3, -0.25) is 5.32 Å². The number of pyridine rings is 1. The molecular formula is C14H13FN2O2. The summed E-state index contributed by atoms with van der Waals surface area (Å²) in [5, 5.41) is 2.32. The molecule has 0 saturated carbocycles. The van der Waals surface area contributed by atoms with Crippen LogP contribution in [-0.2, 0) is 11.3 Å². The van der Waals surface area contributed by atoms with Gasteiger partial charge in [0, 0.05) is 6.20 Å². The maximum atomic E-state index is 13.3. The van der Waals surface area contributed by atoms with E-state index in [1.165, 1.54) is 12.3 Å². The molecule has 0 radical (unpaired) electrons. The number of aromatic nitrogens is 1. The lowest BCUT2D eigenvalue weighted by Gasteiger charge is -2.08. The van der Waals surface area contributed by atoms with E-state index in [9.17, 15) is 9.18 Å². The predicted octanol–water partition coefficient (Wildman–Crippen LogP) is 3.28. The van der Waals surface area contributed by atoms with Gasteiger partial charge in [-0.05, 0) is 24.1 Å². The molecule has 2 aromatic rings. The van der Waals surface area contributed by atoms with Gasteiger partial charge in [-0.25, -0.2) is 9.78 Å². The van der Waals surface area contributed by atoms with E-state index in [0.717, 1.165) is 11.1 Å². The summed E-state index contributed by atoms with van der Waals surface area (Å²) in [6.07, 6.45) is 0.672. The number of aryl methyl sites for hydroxylation is 1. The molecule has 0 fully saturated rings. The minimum Gasteiger partial charge on any atom is -0.444 e. The van der Waals surface area contributed by atoms with Crippen molar-refractivity contribution in [2.45, 2.75) is 13.5 Å². The summed E-state index contributed by atoms with van der Waals surface area (Å²) in [5.74, 6) is -0.734. The van der Waals surface area contributed by atoms with Gasteiger partial charge in [0.25, 0.3) is 0 Å². The minimum atomic E-state index is -0.734. The van der Waals surface area contributed by atoms with Crippen molar-refractivity contribution in [1.82, 2.24) is 4.98 Å². The van der Waals surface area contributed by atoms with E-state index in [2.05, 4.69) is 10.3 Å². The van der Waals surface area contributed by atoms with Crippen molar-refractivity contribution in [2.75, 3.05) is 5.32 Å². The molecule has 1 heterocycles. The van der Waals surface area contributed by atoms with Crippen molar-refractivity contribution in [1.29, 1.82) is 0 Å². The van der Waals surface area contributed by atoms with Crippen LogP contribution in [0, 0.1) is 12.9 Å². The van der Waals surface area contributed by atoms with E-state index < -0.39 is 12.0 Å². The first-order valence-corrected chi connectivity index (χ1v) is 5.75. The van der Waals surface area contributed by atoms with Crippen LogP contribution in [0.15, 0.2) is 42.6 Å². The van der Waals surface area contributed by atoms with E-state index in [0.29, 0.717) is 0 Å². The van der Waals surface area contributed by atoms with Crippen molar-refractivity contribution in [2.24, 2.45) is 0 Å². The molecule has 0 bridgehead atoms. The maximum Gasteiger partial charge on any atom is 0.412 e. The Morgan fingerprint density at radius 2 is 2.11 bits per heavy atom. The van der Waals surface area contributed by atoms with Crippen molar-refractivity contribution >= 4 is 11.8 Å². The first-order valence-electron chi connectivity index (χ1n) is 5.75. The minimum absolute atomic E-state index is 0.0121. The first-order chi connectivity index (χ1) is 9.15. The van der Waals surface area contributed by atoms with Crippen LogP contribution >= 0.6 is 0 Å². The summed E-state index contributed by atoms with van der Waals surface area (Å²) >= 11 is 0. The quantitative estimate of drug-likeness (QED) is 0.861. The van der Waals surface area contributed by atoms with Crippen molar-refractivity contribution in [3.63, 3.8) is 0 Å². The Labute approximate surface area is 110 Å². The normalized spacial score (nSPS) is 10.0. The molecule has 0 saturated heterocycles. The van der Waals surface area contributed by atoms with Gasteiger partial charge in [0.15, 0.2) is 0 Å². The van der Waals surface area contributed by atoms with Crippen LogP contribution in [0.2, 0.25) is 0 Å². The lowest BCUT2D eigenvalue weighted by Crippen LogP contribution is -2.15. The zero-order valence-corrected chi connectivity index (χ0v) is 10.4. The number of amides is 1. The summed E-state index contributed by atoms with van der Waals surface area (Å²) < 4.78 is 18.3. The molecule has 4 nitrogen and oxygen atoms in total. The largest absolute Gasteiger partial charge is 0.444 e. The van der Waals surface area contributed by atoms with Crippen LogP contribution in [0.1, 0.15) is 11.1 Å². The molecule has 0 aliphatic rings. The van der Waals surface area contributed by atoms with Crippen LogP contribution in [0.5, 0.6) is 0 Å². The molecule has 19 heavy (non-hydrogen) atoms. The van der Waals surface area contributed by atoms with Crippen LogP contribution in [0.25, 0.3) is 0 Å². The van der Waals surface area contributed by atoms with E-state index in [1.54, 1.807) is 6.92 Å². The zero-order chi connectivity index (χ0) is 13.7. The standard InChI is InChI=1S/C14H13FN2O2/c1-10-7-12(13(15)16-8-10)17-14(18)19-9-11-5-3-2-4-6-11/h2-8H,9H2,1H3,(H,17,18). The van der Waals surface area contributed by atoms with Gasteiger partial charge in [0.05, 0.1) is 5.69 Å². The van der Waals surface area contributed by atoms with Gasteiger partial charge in [-0.1, -0.05) is 30.3 Å². The molecule has 0 aliphatic carbocycles. The van der Waals surface area contributed by atoms with Gasteiger partial charge in [0.1, 0.15) is 6.61 Å². The number of nitrogens with zero attached hydrogens (tertiary/aromatic N) is 1. The van der Waals surface area contributed by atoms with Crippen molar-refractivity contribution < 1.29 is 13.9 Å². The van der Waals surface area contributed by atoms with Gasteiger partial charge >= 0.3 is 6.09 Å². The summed E-state index contributed by atoms with van der Waals surface area (Å²) in [6.45, 7) is 1.89. The smallest absolute Gasteiger partial charge is 0.412 e. The number of ether oxygens (including phenoxy) is 1. The molecule has 1 aromatic carbocycles. The van der Waals surface area contributed by atoms with E-state index in [1.807, 2.05) is 30.3 Å². The molecule has 1 amide bonds. The lowest BCUT2D eigenvalue weighted by atomic mass is 10.2. The number of carbonyl (C=O) groups excluding carboxylic acids is 1. The number of carbonyl (C=O) groups is 1. The number of hydrogen-bond donors (Lipinski definition) is 1. The second-order valence-corrected chi connectivity index (χ2v) is 4.04.